The molecular weight excluding hydrogens is 500 g/mol. The van der Waals surface area contributed by atoms with Gasteiger partial charge >= 0.3 is 11.8 Å². The molecule has 0 radical (unpaired) electrons. The van der Waals surface area contributed by atoms with E-state index in [0.717, 1.165) is 4.47 Å². The molecule has 34 heavy (non-hydrogen) atoms. The lowest BCUT2D eigenvalue weighted by molar-refractivity contribution is -0.133. The molecule has 0 saturated heterocycles. The van der Waals surface area contributed by atoms with Gasteiger partial charge in [0.25, 0.3) is 5.91 Å². The summed E-state index contributed by atoms with van der Waals surface area (Å²) in [6.45, 7) is 2.40. The summed E-state index contributed by atoms with van der Waals surface area (Å²) in [6.07, 6.45) is 0. The Morgan fingerprint density at radius 3 is 2.26 bits per heavy atom. The van der Waals surface area contributed by atoms with E-state index in [1.807, 2.05) is 19.1 Å². The fourth-order valence-electron chi connectivity index (χ4n) is 3.33. The molecule has 3 N–H and O–H groups in total. The van der Waals surface area contributed by atoms with Crippen LogP contribution in [-0.4, -0.2) is 29.0 Å². The number of nitrogens with zero attached hydrogens (tertiary/aromatic N) is 1. The molecule has 0 aliphatic carbocycles. The van der Waals surface area contributed by atoms with Crippen LogP contribution in [0.3, 0.4) is 0 Å². The minimum Gasteiger partial charge on any atom is -0.494 e. The van der Waals surface area contributed by atoms with Crippen molar-refractivity contribution >= 4 is 55.9 Å². The summed E-state index contributed by atoms with van der Waals surface area (Å²) >= 11 is 3.41. The van der Waals surface area contributed by atoms with Gasteiger partial charge in [0.1, 0.15) is 11.4 Å². The summed E-state index contributed by atoms with van der Waals surface area (Å²) < 4.78 is 7.49. The monoisotopic (exact) mass is 520 g/mol. The van der Waals surface area contributed by atoms with Gasteiger partial charge in [-0.1, -0.05) is 34.1 Å². The molecule has 0 aliphatic rings. The fourth-order valence-corrected chi connectivity index (χ4v) is 3.71. The van der Waals surface area contributed by atoms with Crippen molar-refractivity contribution in [1.29, 1.82) is 0 Å². The Kier molecular flexibility index (Phi) is 6.93. The van der Waals surface area contributed by atoms with Crippen LogP contribution in [0.25, 0.3) is 10.9 Å². The van der Waals surface area contributed by atoms with Gasteiger partial charge in [0, 0.05) is 21.2 Å². The third kappa shape index (κ3) is 5.26. The third-order valence-electron chi connectivity index (χ3n) is 4.87. The van der Waals surface area contributed by atoms with E-state index in [9.17, 15) is 14.4 Å². The van der Waals surface area contributed by atoms with E-state index in [1.54, 1.807) is 66.7 Å². The molecule has 0 spiro atoms. The molecule has 9 heteroatoms. The highest BCUT2D eigenvalue weighted by molar-refractivity contribution is 9.10. The molecule has 172 valence electrons. The van der Waals surface area contributed by atoms with Crippen LogP contribution in [0.1, 0.15) is 17.4 Å². The van der Waals surface area contributed by atoms with Crippen molar-refractivity contribution in [3.05, 3.63) is 89.0 Å². The predicted octanol–water partition coefficient (Wildman–Crippen LogP) is 4.76. The second-order valence-electron chi connectivity index (χ2n) is 7.24. The Morgan fingerprint density at radius 1 is 0.853 bits per heavy atom. The maximum Gasteiger partial charge on any atom is 0.328 e. The van der Waals surface area contributed by atoms with E-state index in [1.165, 1.54) is 4.68 Å². The number of rotatable bonds is 6. The van der Waals surface area contributed by atoms with Crippen LogP contribution in [0.15, 0.2) is 83.3 Å². The van der Waals surface area contributed by atoms with Gasteiger partial charge in [0.2, 0.25) is 0 Å². The van der Waals surface area contributed by atoms with Crippen LogP contribution in [0.2, 0.25) is 0 Å². The number of benzene rings is 3. The van der Waals surface area contributed by atoms with E-state index in [2.05, 4.69) is 32.0 Å². The number of carbonyl (C=O) groups is 3. The Morgan fingerprint density at radius 2 is 1.56 bits per heavy atom. The van der Waals surface area contributed by atoms with Crippen molar-refractivity contribution < 1.29 is 19.1 Å². The Balaban J connectivity index is 1.57. The first-order chi connectivity index (χ1) is 16.4. The highest BCUT2D eigenvalue weighted by Crippen LogP contribution is 2.24. The highest BCUT2D eigenvalue weighted by Gasteiger charge is 2.21. The molecule has 4 rings (SSSR count). The Bertz CT molecular complexity index is 1350. The summed E-state index contributed by atoms with van der Waals surface area (Å²) in [5.41, 5.74) is 4.30. The molecule has 3 amide bonds. The van der Waals surface area contributed by atoms with Crippen molar-refractivity contribution in [2.75, 3.05) is 22.7 Å². The summed E-state index contributed by atoms with van der Waals surface area (Å²) in [7, 11) is 0. The molecule has 0 atom stereocenters. The van der Waals surface area contributed by atoms with Gasteiger partial charge in [-0.15, -0.1) is 0 Å². The minimum absolute atomic E-state index is 0.166. The van der Waals surface area contributed by atoms with E-state index in [-0.39, 0.29) is 5.69 Å². The number of para-hydroxylation sites is 1. The molecular formula is C25H21BrN4O4. The van der Waals surface area contributed by atoms with Crippen molar-refractivity contribution in [3.8, 4) is 5.75 Å². The molecule has 0 fully saturated rings. The lowest BCUT2D eigenvalue weighted by Crippen LogP contribution is -2.36. The number of anilines is 2. The average molecular weight is 521 g/mol. The molecule has 0 saturated carbocycles. The number of hydrogen-bond donors (Lipinski definition) is 3. The van der Waals surface area contributed by atoms with Gasteiger partial charge in [-0.25, -0.2) is 4.68 Å². The molecule has 8 nitrogen and oxygen atoms in total. The average Bonchev–Trinajstić information content (AvgIpc) is 3.18. The fraction of sp³-hybridized carbons (Fsp3) is 0.0800. The van der Waals surface area contributed by atoms with Gasteiger partial charge in [-0.2, -0.15) is 0 Å². The van der Waals surface area contributed by atoms with E-state index in [0.29, 0.717) is 34.6 Å². The molecule has 3 aromatic carbocycles. The van der Waals surface area contributed by atoms with Crippen LogP contribution in [-0.2, 0) is 9.59 Å². The van der Waals surface area contributed by atoms with Crippen LogP contribution in [0.4, 0.5) is 11.4 Å². The van der Waals surface area contributed by atoms with Crippen molar-refractivity contribution in [3.63, 3.8) is 0 Å². The summed E-state index contributed by atoms with van der Waals surface area (Å²) in [5, 5.41) is 6.05. The maximum atomic E-state index is 13.0. The number of fused-ring (bicyclic) bond motifs is 1. The van der Waals surface area contributed by atoms with E-state index >= 15 is 0 Å². The zero-order chi connectivity index (χ0) is 24.1. The van der Waals surface area contributed by atoms with E-state index < -0.39 is 17.7 Å². The smallest absolute Gasteiger partial charge is 0.328 e. The normalized spacial score (nSPS) is 10.5. The zero-order valence-corrected chi connectivity index (χ0v) is 19.8. The van der Waals surface area contributed by atoms with Crippen molar-refractivity contribution in [2.45, 2.75) is 6.92 Å². The van der Waals surface area contributed by atoms with Gasteiger partial charge in [0.15, 0.2) is 0 Å². The van der Waals surface area contributed by atoms with Gasteiger partial charge in [-0.3, -0.25) is 19.8 Å². The van der Waals surface area contributed by atoms with Gasteiger partial charge < -0.3 is 15.4 Å². The Hall–Kier alpha value is -4.11. The number of ether oxygens (including phenoxy) is 1. The van der Waals surface area contributed by atoms with Crippen LogP contribution < -0.4 is 20.8 Å². The van der Waals surface area contributed by atoms with E-state index in [4.69, 9.17) is 4.74 Å². The largest absolute Gasteiger partial charge is 0.494 e. The first-order valence-corrected chi connectivity index (χ1v) is 11.3. The number of aromatic nitrogens is 1. The number of hydrogen-bond acceptors (Lipinski definition) is 4. The molecule has 0 unspecified atom stereocenters. The van der Waals surface area contributed by atoms with Gasteiger partial charge in [0.05, 0.1) is 12.1 Å². The SMILES string of the molecule is CCOc1ccc(NC(=O)C(=O)Nn2c(C(=O)Nc3ccccc3)cc3cc(Br)ccc32)cc1. The lowest BCUT2D eigenvalue weighted by atomic mass is 10.2. The second kappa shape index (κ2) is 10.2. The van der Waals surface area contributed by atoms with Gasteiger partial charge in [-0.05, 0) is 67.6 Å². The molecule has 0 aliphatic heterocycles. The topological polar surface area (TPSA) is 101 Å². The predicted molar refractivity (Wildman–Crippen MR) is 135 cm³/mol. The molecule has 0 bridgehead atoms. The minimum atomic E-state index is -0.928. The number of nitrogens with one attached hydrogen (secondary N) is 3. The van der Waals surface area contributed by atoms with Crippen molar-refractivity contribution in [1.82, 2.24) is 4.68 Å². The maximum absolute atomic E-state index is 13.0. The van der Waals surface area contributed by atoms with Crippen LogP contribution >= 0.6 is 15.9 Å². The highest BCUT2D eigenvalue weighted by atomic mass is 79.9. The first kappa shape index (κ1) is 23.1. The van der Waals surface area contributed by atoms with Crippen molar-refractivity contribution in [2.24, 2.45) is 0 Å². The summed E-state index contributed by atoms with van der Waals surface area (Å²) in [5.74, 6) is -1.59. The second-order valence-corrected chi connectivity index (χ2v) is 8.16. The summed E-state index contributed by atoms with van der Waals surface area (Å²) in [4.78, 5) is 38.3. The van der Waals surface area contributed by atoms with Crippen LogP contribution in [0.5, 0.6) is 5.75 Å². The first-order valence-electron chi connectivity index (χ1n) is 10.5. The summed E-state index contributed by atoms with van der Waals surface area (Å²) in [6, 6.07) is 22.6. The Labute approximate surface area is 204 Å². The third-order valence-corrected chi connectivity index (χ3v) is 5.36. The standard InChI is InChI=1S/C25H21BrN4O4/c1-2-34-20-11-9-19(10-12-20)28-24(32)25(33)29-30-21-13-8-17(26)14-16(21)15-22(30)23(31)27-18-6-4-3-5-7-18/h3-15H,2H2,1H3,(H,27,31)(H,28,32)(H,29,33). The number of halogens is 1. The zero-order valence-electron chi connectivity index (χ0n) is 18.2. The quantitative estimate of drug-likeness (QED) is 0.319. The number of amides is 3. The lowest BCUT2D eigenvalue weighted by Gasteiger charge is -2.13. The molecule has 4 aromatic rings. The van der Waals surface area contributed by atoms with Crippen LogP contribution in [0, 0.1) is 0 Å². The molecule has 1 heterocycles. The molecule has 1 aromatic heterocycles. The number of carbonyl (C=O) groups excluding carboxylic acids is 3.